The van der Waals surface area contributed by atoms with Gasteiger partial charge in [0.25, 0.3) is 0 Å². The summed E-state index contributed by atoms with van der Waals surface area (Å²) in [5.41, 5.74) is -0.471. The Morgan fingerprint density at radius 1 is 1.00 bits per heavy atom. The number of hydrogen-bond acceptors (Lipinski definition) is 6. The Kier molecular flexibility index (Phi) is 10.4. The Labute approximate surface area is 128 Å². The van der Waals surface area contributed by atoms with Crippen LogP contribution in [0.2, 0.25) is 0 Å². The molecule has 0 spiro atoms. The van der Waals surface area contributed by atoms with Crippen LogP contribution in [0.15, 0.2) is 0 Å². The van der Waals surface area contributed by atoms with Gasteiger partial charge in [0.2, 0.25) is 12.1 Å². The summed E-state index contributed by atoms with van der Waals surface area (Å²) >= 11 is 0. The van der Waals surface area contributed by atoms with E-state index < -0.39 is 17.5 Å². The van der Waals surface area contributed by atoms with Crippen LogP contribution in [0.5, 0.6) is 0 Å². The Hall–Kier alpha value is -0.240. The van der Waals surface area contributed by atoms with Gasteiger partial charge in [0.1, 0.15) is 0 Å². The molecule has 0 saturated carbocycles. The third-order valence-corrected chi connectivity index (χ3v) is 4.12. The highest BCUT2D eigenvalue weighted by atomic mass is 17.3. The molecule has 0 heterocycles. The predicted molar refractivity (Wildman–Crippen MR) is 79.2 cm³/mol. The molecule has 0 rings (SSSR count). The summed E-state index contributed by atoms with van der Waals surface area (Å²) in [6.07, 6.45) is 4.32. The van der Waals surface area contributed by atoms with Crippen LogP contribution in [-0.4, -0.2) is 22.6 Å². The van der Waals surface area contributed by atoms with E-state index in [-0.39, 0.29) is 0 Å². The summed E-state index contributed by atoms with van der Waals surface area (Å²) in [7, 11) is 0. The van der Waals surface area contributed by atoms with Crippen LogP contribution in [0.1, 0.15) is 79.6 Å². The molecule has 0 aliphatic heterocycles. The van der Waals surface area contributed by atoms with Gasteiger partial charge in [0.15, 0.2) is 0 Å². The molecule has 2 N–H and O–H groups in total. The molecule has 0 amide bonds. The molecule has 0 aromatic carbocycles. The van der Waals surface area contributed by atoms with E-state index in [2.05, 4.69) is 4.89 Å². The predicted octanol–water partition coefficient (Wildman–Crippen LogP) is 4.75. The van der Waals surface area contributed by atoms with E-state index in [1.54, 1.807) is 0 Å². The van der Waals surface area contributed by atoms with E-state index in [1.807, 2.05) is 34.6 Å². The molecule has 2 unspecified atom stereocenters. The van der Waals surface area contributed by atoms with E-state index in [4.69, 9.17) is 19.9 Å². The first-order valence-electron chi connectivity index (χ1n) is 7.90. The molecule has 6 heteroatoms. The van der Waals surface area contributed by atoms with Crippen molar-refractivity contribution in [2.24, 2.45) is 5.41 Å². The molecule has 0 aromatic rings. The smallest absolute Gasteiger partial charge is 0.238 e. The second-order valence-corrected chi connectivity index (χ2v) is 6.04. The summed E-state index contributed by atoms with van der Waals surface area (Å²) in [6, 6.07) is 0. The summed E-state index contributed by atoms with van der Waals surface area (Å²) < 4.78 is 0. The van der Waals surface area contributed by atoms with Crippen molar-refractivity contribution in [1.82, 2.24) is 0 Å². The van der Waals surface area contributed by atoms with Crippen molar-refractivity contribution < 1.29 is 30.1 Å². The van der Waals surface area contributed by atoms with Crippen molar-refractivity contribution in [3.8, 4) is 0 Å². The fourth-order valence-electron chi connectivity index (χ4n) is 1.98. The largest absolute Gasteiger partial charge is 0.249 e. The van der Waals surface area contributed by atoms with Gasteiger partial charge in [-0.15, -0.1) is 0 Å². The fraction of sp³-hybridized carbons (Fsp3) is 1.00. The van der Waals surface area contributed by atoms with E-state index in [9.17, 15) is 5.26 Å². The van der Waals surface area contributed by atoms with Crippen molar-refractivity contribution in [3.63, 3.8) is 0 Å². The molecule has 6 nitrogen and oxygen atoms in total. The minimum absolute atomic E-state index is 0.471. The molecule has 0 aliphatic rings. The topological polar surface area (TPSA) is 77.4 Å². The highest BCUT2D eigenvalue weighted by Crippen LogP contribution is 2.42. The lowest BCUT2D eigenvalue weighted by atomic mass is 9.78. The van der Waals surface area contributed by atoms with Gasteiger partial charge in [-0.05, 0) is 19.3 Å². The van der Waals surface area contributed by atoms with Crippen LogP contribution in [0.25, 0.3) is 0 Å². The van der Waals surface area contributed by atoms with Gasteiger partial charge in [-0.3, -0.25) is 0 Å². The molecule has 0 aromatic heterocycles. The first-order valence-corrected chi connectivity index (χ1v) is 7.90. The zero-order chi connectivity index (χ0) is 16.4. The van der Waals surface area contributed by atoms with Crippen LogP contribution in [0.4, 0.5) is 0 Å². The minimum atomic E-state index is -1.29. The maximum Gasteiger partial charge on any atom is 0.238 e. The maximum absolute atomic E-state index is 9.42. The Balaban J connectivity index is 4.87. The van der Waals surface area contributed by atoms with Crippen LogP contribution in [0.3, 0.4) is 0 Å². The van der Waals surface area contributed by atoms with Crippen LogP contribution in [0, 0.1) is 5.41 Å². The monoisotopic (exact) mass is 308 g/mol. The minimum Gasteiger partial charge on any atom is -0.249 e. The Bertz CT molecular complexity index is 259. The van der Waals surface area contributed by atoms with Crippen molar-refractivity contribution in [2.45, 2.75) is 91.6 Å². The summed E-state index contributed by atoms with van der Waals surface area (Å²) in [5.74, 6) is -1.29. The first kappa shape index (κ1) is 20.8. The molecular formula is C15H32O6. The van der Waals surface area contributed by atoms with E-state index in [1.165, 1.54) is 0 Å². The third kappa shape index (κ3) is 6.18. The quantitative estimate of drug-likeness (QED) is 0.290. The molecule has 21 heavy (non-hydrogen) atoms. The Morgan fingerprint density at radius 3 is 2.05 bits per heavy atom. The van der Waals surface area contributed by atoms with Gasteiger partial charge in [-0.1, -0.05) is 47.5 Å². The molecule has 0 aliphatic carbocycles. The number of hydrogen-bond donors (Lipinski definition) is 2. The van der Waals surface area contributed by atoms with Crippen molar-refractivity contribution in [1.29, 1.82) is 0 Å². The summed E-state index contributed by atoms with van der Waals surface area (Å²) in [4.78, 5) is 19.6. The van der Waals surface area contributed by atoms with Gasteiger partial charge < -0.3 is 0 Å². The van der Waals surface area contributed by atoms with Crippen LogP contribution < -0.4 is 0 Å². The SMILES string of the molecule is CCCCC(OO)OOC(CCCC)(OO)C(C)(C)CC. The zero-order valence-corrected chi connectivity index (χ0v) is 14.1. The van der Waals surface area contributed by atoms with E-state index in [0.29, 0.717) is 12.8 Å². The highest BCUT2D eigenvalue weighted by Gasteiger charge is 2.49. The Morgan fingerprint density at radius 2 is 1.62 bits per heavy atom. The molecule has 0 saturated heterocycles. The first-order chi connectivity index (χ1) is 9.92. The second-order valence-electron chi connectivity index (χ2n) is 6.04. The number of unbranched alkanes of at least 4 members (excludes halogenated alkanes) is 2. The molecule has 128 valence electrons. The zero-order valence-electron chi connectivity index (χ0n) is 14.1. The fourth-order valence-corrected chi connectivity index (χ4v) is 1.98. The third-order valence-electron chi connectivity index (χ3n) is 4.12. The van der Waals surface area contributed by atoms with Crippen molar-refractivity contribution in [2.75, 3.05) is 0 Å². The summed E-state index contributed by atoms with van der Waals surface area (Å²) in [6.45, 7) is 9.92. The van der Waals surface area contributed by atoms with Gasteiger partial charge >= 0.3 is 0 Å². The molecule has 0 bridgehead atoms. The van der Waals surface area contributed by atoms with Gasteiger partial charge in [-0.2, -0.15) is 9.78 Å². The van der Waals surface area contributed by atoms with E-state index in [0.717, 1.165) is 32.1 Å². The van der Waals surface area contributed by atoms with Gasteiger partial charge in [-0.25, -0.2) is 20.3 Å². The standard InChI is InChI=1S/C15H32O6/c1-6-9-11-13(18-16)19-21-15(20-17,12-10-7-2)14(4,5)8-3/h13,16-17H,6-12H2,1-5H3. The maximum atomic E-state index is 9.42. The van der Waals surface area contributed by atoms with E-state index >= 15 is 0 Å². The average Bonchev–Trinajstić information content (AvgIpc) is 2.50. The van der Waals surface area contributed by atoms with Gasteiger partial charge in [0, 0.05) is 18.3 Å². The highest BCUT2D eigenvalue weighted by molar-refractivity contribution is 4.85. The lowest BCUT2D eigenvalue weighted by Gasteiger charge is -2.42. The van der Waals surface area contributed by atoms with Gasteiger partial charge in [0.05, 0.1) is 0 Å². The molecule has 2 atom stereocenters. The molecule has 0 radical (unpaired) electrons. The van der Waals surface area contributed by atoms with Crippen LogP contribution >= 0.6 is 0 Å². The van der Waals surface area contributed by atoms with Crippen molar-refractivity contribution in [3.05, 3.63) is 0 Å². The molecular weight excluding hydrogens is 276 g/mol. The average molecular weight is 308 g/mol. The number of rotatable bonds is 13. The second kappa shape index (κ2) is 10.5. The normalized spacial score (nSPS) is 16.7. The summed E-state index contributed by atoms with van der Waals surface area (Å²) in [5, 5.41) is 18.3. The van der Waals surface area contributed by atoms with Crippen LogP contribution in [-0.2, 0) is 19.6 Å². The molecule has 0 fully saturated rings. The lowest BCUT2D eigenvalue weighted by molar-refractivity contribution is -0.563. The lowest BCUT2D eigenvalue weighted by Crippen LogP contribution is -2.49. The van der Waals surface area contributed by atoms with Crippen molar-refractivity contribution >= 4 is 0 Å².